The van der Waals surface area contributed by atoms with Crippen molar-refractivity contribution in [2.24, 2.45) is 0 Å². The van der Waals surface area contributed by atoms with Crippen LogP contribution in [0.15, 0.2) is 36.7 Å². The second-order valence-corrected chi connectivity index (χ2v) is 9.74. The van der Waals surface area contributed by atoms with E-state index in [1.165, 1.54) is 6.07 Å². The van der Waals surface area contributed by atoms with Crippen LogP contribution in [0.4, 0.5) is 26.4 Å². The summed E-state index contributed by atoms with van der Waals surface area (Å²) in [6.45, 7) is 2.03. The molecule has 1 atom stereocenters. The van der Waals surface area contributed by atoms with E-state index in [0.717, 1.165) is 42.9 Å². The maximum Gasteiger partial charge on any atom is 0.326 e. The van der Waals surface area contributed by atoms with Crippen LogP contribution in [0.1, 0.15) is 42.2 Å². The Morgan fingerprint density at radius 1 is 1.14 bits per heavy atom. The van der Waals surface area contributed by atoms with E-state index in [4.69, 9.17) is 27.9 Å². The average Bonchev–Trinajstić information content (AvgIpc) is 3.39. The smallest absolute Gasteiger partial charge is 0.326 e. The number of halogens is 3. The third-order valence-corrected chi connectivity index (χ3v) is 7.40. The Labute approximate surface area is 211 Å². The highest BCUT2D eigenvalue weighted by Gasteiger charge is 2.33. The zero-order valence-corrected chi connectivity index (χ0v) is 20.2. The second-order valence-electron chi connectivity index (χ2n) is 8.92. The van der Waals surface area contributed by atoms with Crippen molar-refractivity contribution in [2.45, 2.75) is 38.3 Å². The lowest BCUT2D eigenvalue weighted by Gasteiger charge is -2.34. The molecule has 2 amide bonds. The minimum atomic E-state index is -0.517. The highest BCUT2D eigenvalue weighted by atomic mass is 35.5. The summed E-state index contributed by atoms with van der Waals surface area (Å²) in [5.41, 5.74) is 3.10. The zero-order chi connectivity index (χ0) is 24.1. The number of ether oxygens (including phenoxy) is 1. The van der Waals surface area contributed by atoms with E-state index in [2.05, 4.69) is 20.2 Å². The van der Waals surface area contributed by atoms with Crippen LogP contribution in [0.5, 0.6) is 5.75 Å². The molecule has 7 nitrogen and oxygen atoms in total. The summed E-state index contributed by atoms with van der Waals surface area (Å²) in [4.78, 5) is 25.6. The first kappa shape index (κ1) is 22.4. The number of nitrogens with one attached hydrogen (secondary N) is 1. The molecule has 1 aromatic carbocycles. The topological polar surface area (TPSA) is 70.6 Å². The highest BCUT2D eigenvalue weighted by molar-refractivity contribution is 6.34. The maximum atomic E-state index is 14.3. The molecule has 1 unspecified atom stereocenters. The molecule has 5 heterocycles. The van der Waals surface area contributed by atoms with Crippen LogP contribution in [0.25, 0.3) is 0 Å². The summed E-state index contributed by atoms with van der Waals surface area (Å²) in [6, 6.07) is 6.15. The molecule has 3 aliphatic rings. The summed E-state index contributed by atoms with van der Waals surface area (Å²) >= 11 is 13.2. The molecular formula is C25H22Cl2FN5O2. The van der Waals surface area contributed by atoms with Crippen molar-refractivity contribution in [3.05, 3.63) is 69.3 Å². The molecule has 0 bridgehead atoms. The molecule has 35 heavy (non-hydrogen) atoms. The summed E-state index contributed by atoms with van der Waals surface area (Å²) in [6.07, 6.45) is 6.08. The summed E-state index contributed by atoms with van der Waals surface area (Å²) in [5, 5.41) is 3.89. The molecular weight excluding hydrogens is 492 g/mol. The van der Waals surface area contributed by atoms with Gasteiger partial charge in [-0.3, -0.25) is 9.88 Å². The Balaban J connectivity index is 1.34. The lowest BCUT2D eigenvalue weighted by atomic mass is 9.99. The Bertz CT molecular complexity index is 1330. The first-order chi connectivity index (χ1) is 17.0. The van der Waals surface area contributed by atoms with E-state index >= 15 is 0 Å². The number of benzene rings is 1. The molecule has 1 saturated heterocycles. The summed E-state index contributed by atoms with van der Waals surface area (Å²) in [5.74, 6) is 0.900. The van der Waals surface area contributed by atoms with Gasteiger partial charge in [-0.1, -0.05) is 23.2 Å². The fourth-order valence-corrected chi connectivity index (χ4v) is 5.48. The normalized spacial score (nSPS) is 19.2. The number of rotatable bonds is 3. The third kappa shape index (κ3) is 3.94. The number of hydrogen-bond acceptors (Lipinski definition) is 5. The largest absolute Gasteiger partial charge is 0.484 e. The maximum absolute atomic E-state index is 14.3. The van der Waals surface area contributed by atoms with Crippen LogP contribution >= 0.6 is 23.2 Å². The fourth-order valence-electron chi connectivity index (χ4n) is 4.99. The van der Waals surface area contributed by atoms with E-state index in [1.54, 1.807) is 29.4 Å². The molecule has 1 N–H and O–H groups in total. The lowest BCUT2D eigenvalue weighted by Crippen LogP contribution is -2.40. The van der Waals surface area contributed by atoms with Crippen LogP contribution < -0.4 is 19.9 Å². The number of amides is 2. The van der Waals surface area contributed by atoms with E-state index in [9.17, 15) is 9.18 Å². The van der Waals surface area contributed by atoms with Crippen molar-refractivity contribution in [1.82, 2.24) is 9.97 Å². The summed E-state index contributed by atoms with van der Waals surface area (Å²) in [7, 11) is 0. The first-order valence-corrected chi connectivity index (χ1v) is 12.4. The number of nitrogens with zero attached hydrogens (tertiary/aromatic N) is 4. The minimum absolute atomic E-state index is 0.236. The van der Waals surface area contributed by atoms with Crippen molar-refractivity contribution in [2.75, 3.05) is 28.2 Å². The monoisotopic (exact) mass is 513 g/mol. The van der Waals surface area contributed by atoms with Gasteiger partial charge >= 0.3 is 6.03 Å². The van der Waals surface area contributed by atoms with Crippen molar-refractivity contribution in [1.29, 1.82) is 0 Å². The molecule has 0 radical (unpaired) electrons. The van der Waals surface area contributed by atoms with Gasteiger partial charge in [0.2, 0.25) is 0 Å². The molecule has 180 valence electrons. The number of pyridine rings is 2. The average molecular weight is 514 g/mol. The quantitative estimate of drug-likeness (QED) is 0.455. The Hall–Kier alpha value is -3.10. The van der Waals surface area contributed by atoms with Gasteiger partial charge in [0, 0.05) is 37.1 Å². The van der Waals surface area contributed by atoms with Gasteiger partial charge in [0.1, 0.15) is 23.4 Å². The number of hydrogen-bond donors (Lipinski definition) is 1. The van der Waals surface area contributed by atoms with Crippen LogP contribution in [0.2, 0.25) is 10.0 Å². The highest BCUT2D eigenvalue weighted by Crippen LogP contribution is 2.44. The number of carbonyl (C=O) groups is 1. The van der Waals surface area contributed by atoms with Gasteiger partial charge in [0.25, 0.3) is 0 Å². The number of aryl methyl sites for hydroxylation is 1. The standard InChI is InChI=1S/C25H22Cl2FN5O2/c26-16-10-14-5-6-20(23-18(28)4-3-7-29-23)35-21(14)11-19(16)33-13-15-17(27)12-30-24(22(15)31-25(33)34)32-8-1-2-9-32/h3-4,7,10-12,20H,1-2,5-6,8-9,13H2,(H,31,34). The van der Waals surface area contributed by atoms with Gasteiger partial charge in [-0.15, -0.1) is 0 Å². The van der Waals surface area contributed by atoms with Gasteiger partial charge in [0.15, 0.2) is 5.82 Å². The van der Waals surface area contributed by atoms with E-state index < -0.39 is 11.9 Å². The minimum Gasteiger partial charge on any atom is -0.484 e. The molecule has 3 aromatic rings. The lowest BCUT2D eigenvalue weighted by molar-refractivity contribution is 0.167. The van der Waals surface area contributed by atoms with E-state index in [-0.39, 0.29) is 18.3 Å². The van der Waals surface area contributed by atoms with E-state index in [1.807, 2.05) is 6.07 Å². The summed E-state index contributed by atoms with van der Waals surface area (Å²) < 4.78 is 20.5. The SMILES string of the molecule is O=C1Nc2c(N3CCCC3)ncc(Cl)c2CN1c1cc2c(cc1Cl)CCC(c1ncccc1F)O2. The number of carbonyl (C=O) groups excluding carboxylic acids is 1. The number of fused-ring (bicyclic) bond motifs is 2. The van der Waals surface area contributed by atoms with Gasteiger partial charge in [-0.25, -0.2) is 14.2 Å². The van der Waals surface area contributed by atoms with Crippen molar-refractivity contribution >= 4 is 46.4 Å². The molecule has 2 aromatic heterocycles. The van der Waals surface area contributed by atoms with Gasteiger partial charge in [0.05, 0.1) is 28.0 Å². The Morgan fingerprint density at radius 2 is 1.97 bits per heavy atom. The number of aromatic nitrogens is 2. The fraction of sp³-hybridized carbons (Fsp3) is 0.320. The van der Waals surface area contributed by atoms with Crippen LogP contribution in [0.3, 0.4) is 0 Å². The van der Waals surface area contributed by atoms with Gasteiger partial charge in [-0.2, -0.15) is 0 Å². The van der Waals surface area contributed by atoms with Crippen molar-refractivity contribution < 1.29 is 13.9 Å². The van der Waals surface area contributed by atoms with E-state index in [0.29, 0.717) is 40.0 Å². The van der Waals surface area contributed by atoms with Gasteiger partial charge in [-0.05, 0) is 49.4 Å². The second kappa shape index (κ2) is 8.84. The Kier molecular flexibility index (Phi) is 5.65. The molecule has 1 fully saturated rings. The van der Waals surface area contributed by atoms with Crippen LogP contribution in [-0.2, 0) is 13.0 Å². The molecule has 3 aliphatic heterocycles. The first-order valence-electron chi connectivity index (χ1n) is 11.6. The molecule has 0 spiro atoms. The van der Waals surface area contributed by atoms with Gasteiger partial charge < -0.3 is 15.0 Å². The van der Waals surface area contributed by atoms with Crippen LogP contribution in [0, 0.1) is 5.82 Å². The number of urea groups is 1. The van der Waals surface area contributed by atoms with Crippen molar-refractivity contribution in [3.63, 3.8) is 0 Å². The number of anilines is 3. The Morgan fingerprint density at radius 3 is 2.77 bits per heavy atom. The molecule has 0 aliphatic carbocycles. The third-order valence-electron chi connectivity index (χ3n) is 6.77. The molecule has 10 heteroatoms. The zero-order valence-electron chi connectivity index (χ0n) is 18.7. The predicted octanol–water partition coefficient (Wildman–Crippen LogP) is 6.14. The molecule has 0 saturated carbocycles. The van der Waals surface area contributed by atoms with Crippen LogP contribution in [-0.4, -0.2) is 29.1 Å². The van der Waals surface area contributed by atoms with Crippen molar-refractivity contribution in [3.8, 4) is 5.75 Å². The molecule has 6 rings (SSSR count). The predicted molar refractivity (Wildman–Crippen MR) is 133 cm³/mol.